The van der Waals surface area contributed by atoms with Gasteiger partial charge in [-0.15, -0.1) is 0 Å². The van der Waals surface area contributed by atoms with E-state index in [4.69, 9.17) is 16.3 Å². The summed E-state index contributed by atoms with van der Waals surface area (Å²) in [6, 6.07) is 5.59. The van der Waals surface area contributed by atoms with Crippen LogP contribution in [-0.2, 0) is 13.0 Å². The Bertz CT molecular complexity index is 515. The standard InChI is InChI=1S/C16H21ClN2O/c17-13-7-11-4-6-20-16(11)12(8-13)9-18-14-3-5-19(10-14)15-1-2-15/h7-8,14-15,18H,1-6,9-10H2. The zero-order valence-corrected chi connectivity index (χ0v) is 12.5. The van der Waals surface area contributed by atoms with Crippen LogP contribution < -0.4 is 10.1 Å². The predicted octanol–water partition coefficient (Wildman–Crippen LogP) is 2.60. The summed E-state index contributed by atoms with van der Waals surface area (Å²) < 4.78 is 5.76. The van der Waals surface area contributed by atoms with Crippen molar-refractivity contribution in [2.75, 3.05) is 19.7 Å². The van der Waals surface area contributed by atoms with Gasteiger partial charge in [-0.1, -0.05) is 11.6 Å². The summed E-state index contributed by atoms with van der Waals surface area (Å²) in [5.41, 5.74) is 2.48. The Morgan fingerprint density at radius 1 is 1.30 bits per heavy atom. The molecule has 20 heavy (non-hydrogen) atoms. The Balaban J connectivity index is 1.40. The Morgan fingerprint density at radius 3 is 3.05 bits per heavy atom. The summed E-state index contributed by atoms with van der Waals surface area (Å²) in [5, 5.41) is 4.52. The smallest absolute Gasteiger partial charge is 0.127 e. The zero-order valence-electron chi connectivity index (χ0n) is 11.7. The Labute approximate surface area is 125 Å². The lowest BCUT2D eigenvalue weighted by molar-refractivity contribution is 0.316. The molecule has 4 rings (SSSR count). The van der Waals surface area contributed by atoms with Gasteiger partial charge in [0.1, 0.15) is 5.75 Å². The second-order valence-corrected chi connectivity index (χ2v) is 6.68. The third-order valence-electron chi connectivity index (χ3n) is 4.69. The van der Waals surface area contributed by atoms with Gasteiger partial charge in [-0.3, -0.25) is 4.90 Å². The molecule has 1 aliphatic carbocycles. The molecule has 108 valence electrons. The molecule has 2 fully saturated rings. The average Bonchev–Trinajstić information content (AvgIpc) is 2.99. The lowest BCUT2D eigenvalue weighted by Crippen LogP contribution is -2.32. The van der Waals surface area contributed by atoms with Gasteiger partial charge in [0, 0.05) is 48.7 Å². The predicted molar refractivity (Wildman–Crippen MR) is 80.5 cm³/mol. The van der Waals surface area contributed by atoms with Crippen LogP contribution in [0.1, 0.15) is 30.4 Å². The van der Waals surface area contributed by atoms with Crippen molar-refractivity contribution in [1.82, 2.24) is 10.2 Å². The highest BCUT2D eigenvalue weighted by molar-refractivity contribution is 6.30. The van der Waals surface area contributed by atoms with Crippen LogP contribution >= 0.6 is 11.6 Å². The van der Waals surface area contributed by atoms with E-state index in [-0.39, 0.29) is 0 Å². The molecular formula is C16H21ClN2O. The van der Waals surface area contributed by atoms with Gasteiger partial charge in [-0.05, 0) is 37.0 Å². The van der Waals surface area contributed by atoms with Crippen LogP contribution in [0.25, 0.3) is 0 Å². The topological polar surface area (TPSA) is 24.5 Å². The number of hydrogen-bond donors (Lipinski definition) is 1. The third-order valence-corrected chi connectivity index (χ3v) is 4.91. The second-order valence-electron chi connectivity index (χ2n) is 6.24. The molecule has 3 nitrogen and oxygen atoms in total. The highest BCUT2D eigenvalue weighted by Gasteiger charge is 2.34. The van der Waals surface area contributed by atoms with Crippen LogP contribution in [0.5, 0.6) is 5.75 Å². The number of hydrogen-bond acceptors (Lipinski definition) is 3. The maximum absolute atomic E-state index is 6.21. The van der Waals surface area contributed by atoms with E-state index >= 15 is 0 Å². The number of halogens is 1. The molecule has 0 bridgehead atoms. The van der Waals surface area contributed by atoms with Gasteiger partial charge >= 0.3 is 0 Å². The summed E-state index contributed by atoms with van der Waals surface area (Å²) in [6.07, 6.45) is 5.06. The van der Waals surface area contributed by atoms with Crippen LogP contribution in [0.3, 0.4) is 0 Å². The molecule has 1 aromatic carbocycles. The molecule has 2 heterocycles. The van der Waals surface area contributed by atoms with E-state index < -0.39 is 0 Å². The van der Waals surface area contributed by atoms with Crippen LogP contribution in [0, 0.1) is 0 Å². The summed E-state index contributed by atoms with van der Waals surface area (Å²) in [6.45, 7) is 4.12. The normalized spacial score (nSPS) is 25.8. The average molecular weight is 293 g/mol. The van der Waals surface area contributed by atoms with Gasteiger partial charge in [0.25, 0.3) is 0 Å². The molecule has 0 radical (unpaired) electrons. The fourth-order valence-corrected chi connectivity index (χ4v) is 3.72. The monoisotopic (exact) mass is 292 g/mol. The van der Waals surface area contributed by atoms with Crippen LogP contribution in [0.4, 0.5) is 0 Å². The minimum absolute atomic E-state index is 0.617. The molecule has 0 spiro atoms. The minimum Gasteiger partial charge on any atom is -0.493 e. The van der Waals surface area contributed by atoms with Gasteiger partial charge in [-0.2, -0.15) is 0 Å². The molecule has 2 aliphatic heterocycles. The van der Waals surface area contributed by atoms with E-state index in [2.05, 4.69) is 10.2 Å². The number of likely N-dealkylation sites (tertiary alicyclic amines) is 1. The molecule has 1 unspecified atom stereocenters. The summed E-state index contributed by atoms with van der Waals surface area (Å²) in [5.74, 6) is 1.07. The number of nitrogens with zero attached hydrogens (tertiary/aromatic N) is 1. The Morgan fingerprint density at radius 2 is 2.20 bits per heavy atom. The number of benzene rings is 1. The molecule has 1 N–H and O–H groups in total. The number of nitrogens with one attached hydrogen (secondary N) is 1. The van der Waals surface area contributed by atoms with Crippen molar-refractivity contribution in [2.24, 2.45) is 0 Å². The molecular weight excluding hydrogens is 272 g/mol. The van der Waals surface area contributed by atoms with E-state index in [1.807, 2.05) is 12.1 Å². The lowest BCUT2D eigenvalue weighted by atomic mass is 10.1. The van der Waals surface area contributed by atoms with Gasteiger partial charge in [0.2, 0.25) is 0 Å². The van der Waals surface area contributed by atoms with Gasteiger partial charge in [0.15, 0.2) is 0 Å². The van der Waals surface area contributed by atoms with Crippen molar-refractivity contribution < 1.29 is 4.74 Å². The number of rotatable bonds is 4. The molecule has 4 heteroatoms. The number of ether oxygens (including phenoxy) is 1. The maximum Gasteiger partial charge on any atom is 0.127 e. The second kappa shape index (κ2) is 5.21. The first-order valence-electron chi connectivity index (χ1n) is 7.71. The largest absolute Gasteiger partial charge is 0.493 e. The fraction of sp³-hybridized carbons (Fsp3) is 0.625. The first kappa shape index (κ1) is 12.9. The molecule has 0 amide bonds. The van der Waals surface area contributed by atoms with E-state index in [0.717, 1.165) is 36.4 Å². The van der Waals surface area contributed by atoms with Crippen LogP contribution in [0.2, 0.25) is 5.02 Å². The van der Waals surface area contributed by atoms with Crippen LogP contribution in [0.15, 0.2) is 12.1 Å². The molecule has 1 atom stereocenters. The van der Waals surface area contributed by atoms with Crippen molar-refractivity contribution in [3.05, 3.63) is 28.3 Å². The number of fused-ring (bicyclic) bond motifs is 1. The Hall–Kier alpha value is -0.770. The third kappa shape index (κ3) is 2.54. The van der Waals surface area contributed by atoms with Gasteiger partial charge < -0.3 is 10.1 Å². The lowest BCUT2D eigenvalue weighted by Gasteiger charge is -2.17. The molecule has 1 aromatic rings. The quantitative estimate of drug-likeness (QED) is 0.923. The summed E-state index contributed by atoms with van der Waals surface area (Å²) in [7, 11) is 0. The van der Waals surface area contributed by atoms with Crippen molar-refractivity contribution in [3.8, 4) is 5.75 Å². The summed E-state index contributed by atoms with van der Waals surface area (Å²) >= 11 is 6.21. The maximum atomic E-state index is 6.21. The SMILES string of the molecule is Clc1cc2c(c(CNC3CCN(C4CC4)C3)c1)OCC2. The van der Waals surface area contributed by atoms with E-state index in [1.165, 1.54) is 43.5 Å². The van der Waals surface area contributed by atoms with Crippen molar-refractivity contribution in [3.63, 3.8) is 0 Å². The van der Waals surface area contributed by atoms with Crippen LogP contribution in [-0.4, -0.2) is 36.7 Å². The minimum atomic E-state index is 0.617. The zero-order chi connectivity index (χ0) is 13.5. The van der Waals surface area contributed by atoms with Crippen molar-refractivity contribution in [2.45, 2.75) is 44.3 Å². The van der Waals surface area contributed by atoms with E-state index in [0.29, 0.717) is 6.04 Å². The van der Waals surface area contributed by atoms with Gasteiger partial charge in [-0.25, -0.2) is 0 Å². The fourth-order valence-electron chi connectivity index (χ4n) is 3.46. The highest BCUT2D eigenvalue weighted by Crippen LogP contribution is 2.33. The van der Waals surface area contributed by atoms with Gasteiger partial charge in [0.05, 0.1) is 6.61 Å². The summed E-state index contributed by atoms with van der Waals surface area (Å²) in [4.78, 5) is 2.64. The first-order chi connectivity index (χ1) is 9.79. The molecule has 1 saturated heterocycles. The molecule has 1 saturated carbocycles. The first-order valence-corrected chi connectivity index (χ1v) is 8.09. The molecule has 0 aromatic heterocycles. The molecule has 3 aliphatic rings. The van der Waals surface area contributed by atoms with E-state index in [9.17, 15) is 0 Å². The van der Waals surface area contributed by atoms with E-state index in [1.54, 1.807) is 0 Å². The van der Waals surface area contributed by atoms with Crippen molar-refractivity contribution >= 4 is 11.6 Å². The highest BCUT2D eigenvalue weighted by atomic mass is 35.5. The van der Waals surface area contributed by atoms with Crippen molar-refractivity contribution in [1.29, 1.82) is 0 Å². The Kier molecular flexibility index (Phi) is 3.37.